The van der Waals surface area contributed by atoms with Crippen LogP contribution in [0.1, 0.15) is 5.56 Å². The van der Waals surface area contributed by atoms with E-state index in [-0.39, 0.29) is 19.3 Å². The predicted octanol–water partition coefficient (Wildman–Crippen LogP) is 2.12. The van der Waals surface area contributed by atoms with Gasteiger partial charge in [-0.1, -0.05) is 0 Å². The quantitative estimate of drug-likeness (QED) is 0.840. The molecule has 0 radical (unpaired) electrons. The minimum atomic E-state index is -4.33. The Kier molecular flexibility index (Phi) is 4.77. The number of hydrogen-bond donors (Lipinski definition) is 2. The lowest BCUT2D eigenvalue weighted by molar-refractivity contribution is -0.137. The van der Waals surface area contributed by atoms with E-state index in [9.17, 15) is 13.2 Å². The van der Waals surface area contributed by atoms with Crippen LogP contribution in [-0.2, 0) is 10.9 Å². The second-order valence-electron chi connectivity index (χ2n) is 3.55. The lowest BCUT2D eigenvalue weighted by atomic mass is 10.2. The molecule has 1 atom stereocenters. The summed E-state index contributed by atoms with van der Waals surface area (Å²) in [7, 11) is 1.48. The maximum atomic E-state index is 12.3. The van der Waals surface area contributed by atoms with Gasteiger partial charge in [-0.05, 0) is 24.3 Å². The Labute approximate surface area is 97.2 Å². The van der Waals surface area contributed by atoms with Gasteiger partial charge < -0.3 is 15.2 Å². The number of nitrogens with one attached hydrogen (secondary N) is 1. The van der Waals surface area contributed by atoms with Crippen LogP contribution in [0.15, 0.2) is 24.3 Å². The van der Waals surface area contributed by atoms with E-state index in [4.69, 9.17) is 9.84 Å². The zero-order valence-electron chi connectivity index (χ0n) is 9.29. The molecule has 0 aliphatic carbocycles. The number of anilines is 1. The summed E-state index contributed by atoms with van der Waals surface area (Å²) in [6.07, 6.45) is -4.33. The second kappa shape index (κ2) is 5.88. The van der Waals surface area contributed by atoms with Gasteiger partial charge in [0.25, 0.3) is 0 Å². The molecule has 0 spiro atoms. The molecule has 2 N–H and O–H groups in total. The summed E-state index contributed by atoms with van der Waals surface area (Å²) >= 11 is 0. The Bertz CT molecular complexity index is 338. The van der Waals surface area contributed by atoms with Crippen molar-refractivity contribution >= 4 is 5.69 Å². The van der Waals surface area contributed by atoms with Gasteiger partial charge >= 0.3 is 6.18 Å². The van der Waals surface area contributed by atoms with Crippen molar-refractivity contribution in [2.24, 2.45) is 0 Å². The van der Waals surface area contributed by atoms with Gasteiger partial charge in [-0.2, -0.15) is 13.2 Å². The number of ether oxygens (including phenoxy) is 1. The van der Waals surface area contributed by atoms with E-state index in [1.807, 2.05) is 0 Å². The fourth-order valence-corrected chi connectivity index (χ4v) is 1.33. The van der Waals surface area contributed by atoms with Crippen LogP contribution in [-0.4, -0.2) is 31.5 Å². The lowest BCUT2D eigenvalue weighted by Crippen LogP contribution is -2.28. The third-order valence-electron chi connectivity index (χ3n) is 2.17. The molecule has 1 aromatic carbocycles. The highest BCUT2D eigenvalue weighted by atomic mass is 19.4. The van der Waals surface area contributed by atoms with Crippen molar-refractivity contribution in [3.8, 4) is 0 Å². The monoisotopic (exact) mass is 249 g/mol. The van der Waals surface area contributed by atoms with Crippen molar-refractivity contribution in [3.05, 3.63) is 29.8 Å². The highest BCUT2D eigenvalue weighted by molar-refractivity contribution is 5.46. The van der Waals surface area contributed by atoms with Crippen LogP contribution in [0.25, 0.3) is 0 Å². The highest BCUT2D eigenvalue weighted by Crippen LogP contribution is 2.29. The Morgan fingerprint density at radius 2 is 1.88 bits per heavy atom. The van der Waals surface area contributed by atoms with Crippen molar-refractivity contribution in [2.45, 2.75) is 12.2 Å². The number of rotatable bonds is 5. The summed E-state index contributed by atoms with van der Waals surface area (Å²) in [5.41, 5.74) is -0.190. The van der Waals surface area contributed by atoms with E-state index >= 15 is 0 Å². The molecule has 0 bridgehead atoms. The maximum absolute atomic E-state index is 12.3. The molecule has 3 nitrogen and oxygen atoms in total. The van der Waals surface area contributed by atoms with E-state index < -0.39 is 11.7 Å². The van der Waals surface area contributed by atoms with Gasteiger partial charge in [-0.15, -0.1) is 0 Å². The molecule has 0 heterocycles. The minimum Gasteiger partial charge on any atom is -0.394 e. The van der Waals surface area contributed by atoms with Crippen LogP contribution >= 0.6 is 0 Å². The van der Waals surface area contributed by atoms with Crippen LogP contribution in [0.5, 0.6) is 0 Å². The van der Waals surface area contributed by atoms with E-state index in [1.54, 1.807) is 0 Å². The number of hydrogen-bond acceptors (Lipinski definition) is 3. The van der Waals surface area contributed by atoms with E-state index in [1.165, 1.54) is 19.2 Å². The maximum Gasteiger partial charge on any atom is 0.416 e. The Balaban J connectivity index is 2.68. The molecule has 1 rings (SSSR count). The van der Waals surface area contributed by atoms with Gasteiger partial charge in [-0.25, -0.2) is 0 Å². The second-order valence-corrected chi connectivity index (χ2v) is 3.55. The number of benzene rings is 1. The smallest absolute Gasteiger partial charge is 0.394 e. The van der Waals surface area contributed by atoms with E-state index in [0.717, 1.165) is 12.1 Å². The molecule has 0 aliphatic rings. The first kappa shape index (κ1) is 13.8. The molecular formula is C11H14F3NO2. The third kappa shape index (κ3) is 4.24. The van der Waals surface area contributed by atoms with Crippen LogP contribution < -0.4 is 5.32 Å². The summed E-state index contributed by atoms with van der Waals surface area (Å²) in [6.45, 7) is 0.117. The molecule has 6 heteroatoms. The molecule has 0 aromatic heterocycles. The SMILES string of the molecule is COCC(CO)Nc1ccc(C(F)(F)F)cc1. The van der Waals surface area contributed by atoms with Crippen LogP contribution in [0.2, 0.25) is 0 Å². The number of aliphatic hydroxyl groups excluding tert-OH is 1. The van der Waals surface area contributed by atoms with Gasteiger partial charge in [0.15, 0.2) is 0 Å². The van der Waals surface area contributed by atoms with Crippen LogP contribution in [0.3, 0.4) is 0 Å². The Morgan fingerprint density at radius 3 is 2.29 bits per heavy atom. The molecule has 17 heavy (non-hydrogen) atoms. The molecule has 0 amide bonds. The summed E-state index contributed by atoms with van der Waals surface area (Å²) in [5.74, 6) is 0. The number of aliphatic hydroxyl groups is 1. The van der Waals surface area contributed by atoms with Gasteiger partial charge in [0.2, 0.25) is 0 Å². The predicted molar refractivity (Wildman–Crippen MR) is 57.8 cm³/mol. The summed E-state index contributed by atoms with van der Waals surface area (Å²) < 4.78 is 41.7. The minimum absolute atomic E-state index is 0.158. The van der Waals surface area contributed by atoms with Gasteiger partial charge in [0, 0.05) is 12.8 Å². The molecule has 96 valence electrons. The van der Waals surface area contributed by atoms with Crippen molar-refractivity contribution in [1.82, 2.24) is 0 Å². The first-order valence-corrected chi connectivity index (χ1v) is 5.01. The molecule has 0 saturated carbocycles. The molecule has 1 aromatic rings. The summed E-state index contributed by atoms with van der Waals surface area (Å²) in [6, 6.07) is 4.28. The standard InChI is InChI=1S/C11H14F3NO2/c1-17-7-10(6-16)15-9-4-2-8(3-5-9)11(12,13)14/h2-5,10,15-16H,6-7H2,1H3. The Morgan fingerprint density at radius 1 is 1.29 bits per heavy atom. The fraction of sp³-hybridized carbons (Fsp3) is 0.455. The first-order valence-electron chi connectivity index (χ1n) is 5.01. The van der Waals surface area contributed by atoms with Gasteiger partial charge in [0.1, 0.15) is 0 Å². The average molecular weight is 249 g/mol. The van der Waals surface area contributed by atoms with Crippen molar-refractivity contribution in [1.29, 1.82) is 0 Å². The highest BCUT2D eigenvalue weighted by Gasteiger charge is 2.29. The Hall–Kier alpha value is -1.27. The number of methoxy groups -OCH3 is 1. The zero-order valence-corrected chi connectivity index (χ0v) is 9.29. The number of halogens is 3. The molecule has 0 saturated heterocycles. The average Bonchev–Trinajstić information content (AvgIpc) is 2.28. The molecule has 1 unspecified atom stereocenters. The van der Waals surface area contributed by atoms with Crippen molar-refractivity contribution in [3.63, 3.8) is 0 Å². The van der Waals surface area contributed by atoms with Crippen molar-refractivity contribution < 1.29 is 23.0 Å². The van der Waals surface area contributed by atoms with Crippen molar-refractivity contribution in [2.75, 3.05) is 25.6 Å². The van der Waals surface area contributed by atoms with E-state index in [0.29, 0.717) is 5.69 Å². The first-order chi connectivity index (χ1) is 7.97. The summed E-state index contributed by atoms with van der Waals surface area (Å²) in [4.78, 5) is 0. The fourth-order valence-electron chi connectivity index (χ4n) is 1.33. The zero-order chi connectivity index (χ0) is 12.9. The largest absolute Gasteiger partial charge is 0.416 e. The normalized spacial score (nSPS) is 13.5. The summed E-state index contributed by atoms with van der Waals surface area (Å²) in [5, 5.41) is 11.8. The topological polar surface area (TPSA) is 41.5 Å². The number of alkyl halides is 3. The van der Waals surface area contributed by atoms with Gasteiger partial charge in [-0.3, -0.25) is 0 Å². The van der Waals surface area contributed by atoms with Crippen LogP contribution in [0, 0.1) is 0 Å². The third-order valence-corrected chi connectivity index (χ3v) is 2.17. The molecule has 0 fully saturated rings. The lowest BCUT2D eigenvalue weighted by Gasteiger charge is -2.17. The molecule has 0 aliphatic heterocycles. The van der Waals surface area contributed by atoms with E-state index in [2.05, 4.69) is 5.32 Å². The molecular weight excluding hydrogens is 235 g/mol. The van der Waals surface area contributed by atoms with Gasteiger partial charge in [0.05, 0.1) is 24.8 Å². The van der Waals surface area contributed by atoms with Crippen LogP contribution in [0.4, 0.5) is 18.9 Å².